The van der Waals surface area contributed by atoms with Gasteiger partial charge in [0.1, 0.15) is 6.10 Å². The number of carbonyl (C=O) groups is 1. The number of amides is 1. The Balaban J connectivity index is 1.32. The van der Waals surface area contributed by atoms with E-state index >= 15 is 0 Å². The summed E-state index contributed by atoms with van der Waals surface area (Å²) in [7, 11) is 0. The van der Waals surface area contributed by atoms with Crippen LogP contribution in [0.1, 0.15) is 16.8 Å². The Morgan fingerprint density at radius 1 is 1.14 bits per heavy atom. The third kappa shape index (κ3) is 5.00. The van der Waals surface area contributed by atoms with Crippen LogP contribution < -0.4 is 5.32 Å². The first-order chi connectivity index (χ1) is 14.2. The first kappa shape index (κ1) is 19.2. The molecule has 5 nitrogen and oxygen atoms in total. The van der Waals surface area contributed by atoms with Gasteiger partial charge in [-0.05, 0) is 23.6 Å². The predicted octanol–water partition coefficient (Wildman–Crippen LogP) is 3.63. The zero-order chi connectivity index (χ0) is 20.1. The normalized spacial score (nSPS) is 16.9. The number of rotatable bonds is 6. The van der Waals surface area contributed by atoms with E-state index in [2.05, 4.69) is 77.9 Å². The third-order valence-corrected chi connectivity index (χ3v) is 5.02. The summed E-state index contributed by atoms with van der Waals surface area (Å²) in [6, 6.07) is 17.1. The summed E-state index contributed by atoms with van der Waals surface area (Å²) in [6.07, 6.45) is 8.04. The van der Waals surface area contributed by atoms with Crippen molar-refractivity contribution in [3.8, 4) is 11.1 Å². The fourth-order valence-corrected chi connectivity index (χ4v) is 3.36. The Hall–Kier alpha value is -3.18. The lowest BCUT2D eigenvalue weighted by Crippen LogP contribution is -2.45. The number of benzene rings is 2. The second-order valence-electron chi connectivity index (χ2n) is 7.31. The molecule has 4 rings (SSSR count). The standard InChI is InChI=1S/C24H25N3O2/c1-18-4-8-20(9-5-18)21-10-6-19(7-11-21)3-2-13-27-16-22(26-17-27)15-23-24(28)25-12-14-29-23/h2-11,16-17,23H,12-15H2,1H3,(H,25,28)/b3-2+. The van der Waals surface area contributed by atoms with Crippen LogP contribution in [-0.2, 0) is 22.5 Å². The number of hydrogen-bond donors (Lipinski definition) is 1. The van der Waals surface area contributed by atoms with Crippen LogP contribution in [0, 0.1) is 6.92 Å². The molecular formula is C24H25N3O2. The zero-order valence-electron chi connectivity index (χ0n) is 16.5. The van der Waals surface area contributed by atoms with Gasteiger partial charge in [-0.3, -0.25) is 4.79 Å². The summed E-state index contributed by atoms with van der Waals surface area (Å²) in [6.45, 7) is 3.97. The minimum absolute atomic E-state index is 0.0558. The summed E-state index contributed by atoms with van der Waals surface area (Å²) in [5.74, 6) is -0.0558. The Kier molecular flexibility index (Phi) is 5.86. The molecule has 1 fully saturated rings. The molecule has 1 aliphatic heterocycles. The Labute approximate surface area is 171 Å². The maximum atomic E-state index is 11.8. The lowest BCUT2D eigenvalue weighted by Gasteiger charge is -2.21. The minimum Gasteiger partial charge on any atom is -0.366 e. The Morgan fingerprint density at radius 3 is 2.59 bits per heavy atom. The van der Waals surface area contributed by atoms with Gasteiger partial charge in [0, 0.05) is 25.7 Å². The van der Waals surface area contributed by atoms with E-state index < -0.39 is 6.10 Å². The van der Waals surface area contributed by atoms with Crippen molar-refractivity contribution in [2.75, 3.05) is 13.2 Å². The van der Waals surface area contributed by atoms with E-state index in [1.54, 1.807) is 6.33 Å². The van der Waals surface area contributed by atoms with E-state index in [0.29, 0.717) is 19.6 Å². The van der Waals surface area contributed by atoms with Crippen molar-refractivity contribution in [3.05, 3.63) is 84.0 Å². The molecule has 0 spiro atoms. The smallest absolute Gasteiger partial charge is 0.249 e. The lowest BCUT2D eigenvalue weighted by molar-refractivity contribution is -0.137. The highest BCUT2D eigenvalue weighted by Gasteiger charge is 2.23. The molecular weight excluding hydrogens is 362 g/mol. The number of ether oxygens (including phenoxy) is 1. The summed E-state index contributed by atoms with van der Waals surface area (Å²) in [4.78, 5) is 16.2. The van der Waals surface area contributed by atoms with Crippen LogP contribution in [0.5, 0.6) is 0 Å². The summed E-state index contributed by atoms with van der Waals surface area (Å²) < 4.78 is 7.52. The van der Waals surface area contributed by atoms with Crippen molar-refractivity contribution >= 4 is 12.0 Å². The van der Waals surface area contributed by atoms with Crippen molar-refractivity contribution in [1.29, 1.82) is 0 Å². The SMILES string of the molecule is Cc1ccc(-c2ccc(/C=C/Cn3cnc(CC4OCCNC4=O)c3)cc2)cc1. The van der Waals surface area contributed by atoms with Gasteiger partial charge >= 0.3 is 0 Å². The molecule has 1 atom stereocenters. The van der Waals surface area contributed by atoms with Gasteiger partial charge in [-0.25, -0.2) is 4.98 Å². The molecule has 1 aromatic heterocycles. The lowest BCUT2D eigenvalue weighted by atomic mass is 10.0. The van der Waals surface area contributed by atoms with E-state index in [1.807, 2.05) is 10.8 Å². The average molecular weight is 387 g/mol. The van der Waals surface area contributed by atoms with Gasteiger partial charge in [-0.15, -0.1) is 0 Å². The van der Waals surface area contributed by atoms with Gasteiger partial charge < -0.3 is 14.6 Å². The van der Waals surface area contributed by atoms with Gasteiger partial charge in [-0.2, -0.15) is 0 Å². The molecule has 0 bridgehead atoms. The quantitative estimate of drug-likeness (QED) is 0.703. The Morgan fingerprint density at radius 2 is 1.86 bits per heavy atom. The average Bonchev–Trinajstić information content (AvgIpc) is 3.18. The van der Waals surface area contributed by atoms with Gasteiger partial charge in [0.05, 0.1) is 18.6 Å². The second kappa shape index (κ2) is 8.88. The fourth-order valence-electron chi connectivity index (χ4n) is 3.36. The maximum Gasteiger partial charge on any atom is 0.249 e. The highest BCUT2D eigenvalue weighted by atomic mass is 16.5. The van der Waals surface area contributed by atoms with Crippen molar-refractivity contribution in [3.63, 3.8) is 0 Å². The fraction of sp³-hybridized carbons (Fsp3) is 0.250. The van der Waals surface area contributed by atoms with Gasteiger partial charge in [0.15, 0.2) is 0 Å². The highest BCUT2D eigenvalue weighted by Crippen LogP contribution is 2.20. The van der Waals surface area contributed by atoms with Crippen LogP contribution in [0.4, 0.5) is 0 Å². The highest BCUT2D eigenvalue weighted by molar-refractivity contribution is 5.81. The molecule has 1 amide bonds. The number of carbonyl (C=O) groups excluding carboxylic acids is 1. The molecule has 29 heavy (non-hydrogen) atoms. The molecule has 3 aromatic rings. The summed E-state index contributed by atoms with van der Waals surface area (Å²) >= 11 is 0. The number of nitrogens with one attached hydrogen (secondary N) is 1. The third-order valence-electron chi connectivity index (χ3n) is 5.02. The second-order valence-corrected chi connectivity index (χ2v) is 7.31. The van der Waals surface area contributed by atoms with Gasteiger partial charge in [0.2, 0.25) is 5.91 Å². The summed E-state index contributed by atoms with van der Waals surface area (Å²) in [5, 5.41) is 2.82. The van der Waals surface area contributed by atoms with Crippen molar-refractivity contribution in [1.82, 2.24) is 14.9 Å². The molecule has 2 aromatic carbocycles. The van der Waals surface area contributed by atoms with Crippen LogP contribution in [0.2, 0.25) is 0 Å². The monoisotopic (exact) mass is 387 g/mol. The van der Waals surface area contributed by atoms with Gasteiger partial charge in [-0.1, -0.05) is 66.2 Å². The van der Waals surface area contributed by atoms with E-state index in [4.69, 9.17) is 4.74 Å². The number of morpholine rings is 1. The van der Waals surface area contributed by atoms with Crippen LogP contribution >= 0.6 is 0 Å². The largest absolute Gasteiger partial charge is 0.366 e. The number of allylic oxidation sites excluding steroid dienone is 1. The van der Waals surface area contributed by atoms with Crippen LogP contribution in [-0.4, -0.2) is 34.7 Å². The number of hydrogen-bond acceptors (Lipinski definition) is 3. The van der Waals surface area contributed by atoms with E-state index in [1.165, 1.54) is 16.7 Å². The summed E-state index contributed by atoms with van der Waals surface area (Å²) in [5.41, 5.74) is 5.74. The molecule has 0 radical (unpaired) electrons. The first-order valence-electron chi connectivity index (χ1n) is 9.91. The van der Waals surface area contributed by atoms with Crippen molar-refractivity contribution in [2.24, 2.45) is 0 Å². The molecule has 0 saturated carbocycles. The van der Waals surface area contributed by atoms with Crippen molar-refractivity contribution < 1.29 is 9.53 Å². The topological polar surface area (TPSA) is 56.1 Å². The van der Waals surface area contributed by atoms with Crippen LogP contribution in [0.25, 0.3) is 17.2 Å². The number of nitrogens with zero attached hydrogens (tertiary/aromatic N) is 2. The van der Waals surface area contributed by atoms with Crippen molar-refractivity contribution in [2.45, 2.75) is 26.0 Å². The molecule has 148 valence electrons. The molecule has 0 aliphatic carbocycles. The number of aryl methyl sites for hydroxylation is 1. The zero-order valence-corrected chi connectivity index (χ0v) is 16.5. The molecule has 1 aliphatic rings. The molecule has 2 heterocycles. The predicted molar refractivity (Wildman–Crippen MR) is 114 cm³/mol. The van der Waals surface area contributed by atoms with E-state index in [-0.39, 0.29) is 5.91 Å². The molecule has 1 unspecified atom stereocenters. The van der Waals surface area contributed by atoms with Crippen LogP contribution in [0.15, 0.2) is 67.1 Å². The van der Waals surface area contributed by atoms with E-state index in [0.717, 1.165) is 17.8 Å². The maximum absolute atomic E-state index is 11.8. The number of imidazole rings is 1. The molecule has 1 saturated heterocycles. The molecule has 1 N–H and O–H groups in total. The number of aromatic nitrogens is 2. The first-order valence-corrected chi connectivity index (χ1v) is 9.91. The van der Waals surface area contributed by atoms with Crippen LogP contribution in [0.3, 0.4) is 0 Å². The minimum atomic E-state index is -0.435. The van der Waals surface area contributed by atoms with Gasteiger partial charge in [0.25, 0.3) is 0 Å². The Bertz CT molecular complexity index is 988. The van der Waals surface area contributed by atoms with E-state index in [9.17, 15) is 4.79 Å². The molecule has 5 heteroatoms.